The number of hydrogen-bond donors (Lipinski definition) is 1. The van der Waals surface area contributed by atoms with Crippen molar-refractivity contribution in [3.8, 4) is 0 Å². The molecule has 114 valence electrons. The van der Waals surface area contributed by atoms with Crippen molar-refractivity contribution < 1.29 is 13.2 Å². The second kappa shape index (κ2) is 7.76. The molecule has 0 atom stereocenters. The van der Waals surface area contributed by atoms with Crippen LogP contribution in [0.4, 0.5) is 19.0 Å². The Bertz CT molecular complexity index is 419. The summed E-state index contributed by atoms with van der Waals surface area (Å²) in [5, 5.41) is 3.35. The molecule has 0 fully saturated rings. The summed E-state index contributed by atoms with van der Waals surface area (Å²) in [6.07, 6.45) is -2.53. The van der Waals surface area contributed by atoms with Crippen molar-refractivity contribution in [2.75, 3.05) is 17.6 Å². The van der Waals surface area contributed by atoms with Crippen LogP contribution in [0.5, 0.6) is 0 Å². The Labute approximate surface area is 122 Å². The van der Waals surface area contributed by atoms with E-state index < -0.39 is 11.7 Å². The fourth-order valence-electron chi connectivity index (χ4n) is 1.49. The number of alkyl halides is 3. The third kappa shape index (κ3) is 6.03. The molecule has 0 aliphatic heterocycles. The lowest BCUT2D eigenvalue weighted by atomic mass is 10.2. The van der Waals surface area contributed by atoms with Gasteiger partial charge in [0.1, 0.15) is 5.82 Å². The second-order valence-electron chi connectivity index (χ2n) is 5.03. The molecule has 1 heterocycles. The van der Waals surface area contributed by atoms with Crippen LogP contribution in [0.15, 0.2) is 17.2 Å². The molecular formula is C14H21F3N2S. The number of halogens is 3. The van der Waals surface area contributed by atoms with E-state index in [1.807, 2.05) is 6.92 Å². The Hall–Kier alpha value is -0.910. The molecular weight excluding hydrogens is 285 g/mol. The van der Waals surface area contributed by atoms with E-state index in [0.29, 0.717) is 23.3 Å². The van der Waals surface area contributed by atoms with E-state index >= 15 is 0 Å². The summed E-state index contributed by atoms with van der Waals surface area (Å²) >= 11 is 1.38. The number of thioether (sulfide) groups is 1. The van der Waals surface area contributed by atoms with Gasteiger partial charge in [-0.05, 0) is 36.6 Å². The molecule has 1 aromatic rings. The monoisotopic (exact) mass is 306 g/mol. The standard InChI is InChI=1S/C14H21F3N2S/c1-4-6-18-12-8-11(14(15,16)17)9-13(19-12)20-7-5-10(2)3/h8-10H,4-7H2,1-3H3,(H,18,19). The number of rotatable bonds is 7. The van der Waals surface area contributed by atoms with E-state index in [4.69, 9.17) is 0 Å². The highest BCUT2D eigenvalue weighted by molar-refractivity contribution is 7.99. The largest absolute Gasteiger partial charge is 0.416 e. The van der Waals surface area contributed by atoms with Crippen LogP contribution in [-0.4, -0.2) is 17.3 Å². The number of anilines is 1. The first-order valence-electron chi connectivity index (χ1n) is 6.79. The van der Waals surface area contributed by atoms with Crippen molar-refractivity contribution in [1.29, 1.82) is 0 Å². The Morgan fingerprint density at radius 1 is 1.30 bits per heavy atom. The Morgan fingerprint density at radius 3 is 2.55 bits per heavy atom. The van der Waals surface area contributed by atoms with Gasteiger partial charge in [0.2, 0.25) is 0 Å². The topological polar surface area (TPSA) is 24.9 Å². The van der Waals surface area contributed by atoms with Gasteiger partial charge in [0, 0.05) is 6.54 Å². The van der Waals surface area contributed by atoms with Crippen molar-refractivity contribution >= 4 is 17.6 Å². The lowest BCUT2D eigenvalue weighted by molar-refractivity contribution is -0.137. The van der Waals surface area contributed by atoms with Crippen molar-refractivity contribution in [2.45, 2.75) is 44.8 Å². The molecule has 0 aliphatic rings. The summed E-state index contributed by atoms with van der Waals surface area (Å²) in [4.78, 5) is 4.23. The van der Waals surface area contributed by atoms with E-state index in [0.717, 1.165) is 30.7 Å². The quantitative estimate of drug-likeness (QED) is 0.713. The Morgan fingerprint density at radius 2 is 2.00 bits per heavy atom. The van der Waals surface area contributed by atoms with Gasteiger partial charge in [-0.2, -0.15) is 13.2 Å². The van der Waals surface area contributed by atoms with Crippen LogP contribution in [0.3, 0.4) is 0 Å². The first-order valence-corrected chi connectivity index (χ1v) is 7.77. The van der Waals surface area contributed by atoms with Crippen LogP contribution in [-0.2, 0) is 6.18 Å². The first kappa shape index (κ1) is 17.1. The van der Waals surface area contributed by atoms with E-state index in [1.54, 1.807) is 0 Å². The fourth-order valence-corrected chi connectivity index (χ4v) is 2.66. The molecule has 6 heteroatoms. The van der Waals surface area contributed by atoms with E-state index in [-0.39, 0.29) is 0 Å². The van der Waals surface area contributed by atoms with Crippen LogP contribution in [0, 0.1) is 5.92 Å². The third-order valence-electron chi connectivity index (χ3n) is 2.63. The zero-order valence-corrected chi connectivity index (χ0v) is 12.9. The molecule has 0 spiro atoms. The smallest absolute Gasteiger partial charge is 0.370 e. The third-order valence-corrected chi connectivity index (χ3v) is 3.58. The molecule has 1 N–H and O–H groups in total. The molecule has 0 saturated carbocycles. The number of aromatic nitrogens is 1. The molecule has 0 aliphatic carbocycles. The molecule has 0 unspecified atom stereocenters. The van der Waals surface area contributed by atoms with Crippen molar-refractivity contribution in [3.05, 3.63) is 17.7 Å². The fraction of sp³-hybridized carbons (Fsp3) is 0.643. The maximum Gasteiger partial charge on any atom is 0.416 e. The number of nitrogens with zero attached hydrogens (tertiary/aromatic N) is 1. The lowest BCUT2D eigenvalue weighted by Gasteiger charge is -2.12. The predicted octanol–water partition coefficient (Wildman–Crippen LogP) is 5.06. The summed E-state index contributed by atoms with van der Waals surface area (Å²) in [6.45, 7) is 6.76. The van der Waals surface area contributed by atoms with Gasteiger partial charge in [-0.25, -0.2) is 4.98 Å². The predicted molar refractivity (Wildman–Crippen MR) is 78.2 cm³/mol. The van der Waals surface area contributed by atoms with Crippen molar-refractivity contribution in [1.82, 2.24) is 4.98 Å². The minimum atomic E-state index is -4.33. The first-order chi connectivity index (χ1) is 9.32. The molecule has 1 rings (SSSR count). The average Bonchev–Trinajstić information content (AvgIpc) is 2.34. The average molecular weight is 306 g/mol. The van der Waals surface area contributed by atoms with Gasteiger partial charge in [-0.3, -0.25) is 0 Å². The van der Waals surface area contributed by atoms with Crippen LogP contribution >= 0.6 is 11.8 Å². The van der Waals surface area contributed by atoms with Crippen molar-refractivity contribution in [2.24, 2.45) is 5.92 Å². The Kier molecular flexibility index (Phi) is 6.65. The highest BCUT2D eigenvalue weighted by Crippen LogP contribution is 2.33. The van der Waals surface area contributed by atoms with E-state index in [9.17, 15) is 13.2 Å². The summed E-state index contributed by atoms with van der Waals surface area (Å²) < 4.78 is 38.6. The van der Waals surface area contributed by atoms with Crippen LogP contribution in [0.1, 0.15) is 39.2 Å². The van der Waals surface area contributed by atoms with Gasteiger partial charge in [0.05, 0.1) is 10.6 Å². The molecule has 0 amide bonds. The van der Waals surface area contributed by atoms with E-state index in [2.05, 4.69) is 24.1 Å². The lowest BCUT2D eigenvalue weighted by Crippen LogP contribution is -2.09. The highest BCUT2D eigenvalue weighted by atomic mass is 32.2. The van der Waals surface area contributed by atoms with Crippen molar-refractivity contribution in [3.63, 3.8) is 0 Å². The van der Waals surface area contributed by atoms with Gasteiger partial charge in [0.25, 0.3) is 0 Å². The van der Waals surface area contributed by atoms with Gasteiger partial charge in [-0.15, -0.1) is 11.8 Å². The highest BCUT2D eigenvalue weighted by Gasteiger charge is 2.31. The summed E-state index contributed by atoms with van der Waals surface area (Å²) in [7, 11) is 0. The summed E-state index contributed by atoms with van der Waals surface area (Å²) in [5.41, 5.74) is -0.641. The molecule has 0 radical (unpaired) electrons. The second-order valence-corrected chi connectivity index (χ2v) is 6.15. The molecule has 20 heavy (non-hydrogen) atoms. The van der Waals surface area contributed by atoms with E-state index in [1.165, 1.54) is 11.8 Å². The molecule has 1 aromatic heterocycles. The summed E-state index contributed by atoms with van der Waals surface area (Å²) in [6, 6.07) is 2.20. The van der Waals surface area contributed by atoms with Gasteiger partial charge in [0.15, 0.2) is 0 Å². The molecule has 0 aromatic carbocycles. The van der Waals surface area contributed by atoms with Gasteiger partial charge < -0.3 is 5.32 Å². The van der Waals surface area contributed by atoms with Crippen LogP contribution in [0.2, 0.25) is 0 Å². The summed E-state index contributed by atoms with van der Waals surface area (Å²) in [5.74, 6) is 1.61. The number of pyridine rings is 1. The zero-order chi connectivity index (χ0) is 15.2. The van der Waals surface area contributed by atoms with Crippen LogP contribution < -0.4 is 5.32 Å². The molecule has 2 nitrogen and oxygen atoms in total. The minimum absolute atomic E-state index is 0.300. The maximum atomic E-state index is 12.9. The zero-order valence-electron chi connectivity index (χ0n) is 12.0. The van der Waals surface area contributed by atoms with Gasteiger partial charge in [-0.1, -0.05) is 20.8 Å². The SMILES string of the molecule is CCCNc1cc(C(F)(F)F)cc(SCCC(C)C)n1. The normalized spacial score (nSPS) is 11.9. The Balaban J connectivity index is 2.86. The number of hydrogen-bond acceptors (Lipinski definition) is 3. The van der Waals surface area contributed by atoms with Gasteiger partial charge >= 0.3 is 6.18 Å². The minimum Gasteiger partial charge on any atom is -0.370 e. The van der Waals surface area contributed by atoms with Crippen LogP contribution in [0.25, 0.3) is 0 Å². The number of nitrogens with one attached hydrogen (secondary N) is 1. The molecule has 0 bridgehead atoms. The molecule has 0 saturated heterocycles. The maximum absolute atomic E-state index is 12.9.